The van der Waals surface area contributed by atoms with Crippen molar-refractivity contribution in [3.63, 3.8) is 0 Å². The Morgan fingerprint density at radius 1 is 0.960 bits per heavy atom. The number of benzene rings is 2. The molecular weight excluding hydrogens is 327 g/mol. The predicted molar refractivity (Wildman–Crippen MR) is 90.4 cm³/mol. The first-order chi connectivity index (χ1) is 11.9. The lowest BCUT2D eigenvalue weighted by Crippen LogP contribution is -2.14. The van der Waals surface area contributed by atoms with E-state index in [1.54, 1.807) is 6.07 Å². The van der Waals surface area contributed by atoms with Crippen LogP contribution in [0.2, 0.25) is 0 Å². The smallest absolute Gasteiger partial charge is 0.352 e. The molecule has 0 fully saturated rings. The van der Waals surface area contributed by atoms with Crippen LogP contribution in [0.15, 0.2) is 54.1 Å². The van der Waals surface area contributed by atoms with Crippen LogP contribution >= 0.6 is 0 Å². The summed E-state index contributed by atoms with van der Waals surface area (Å²) < 4.78 is 39.5. The standard InChI is InChI=1S/C20H14F3NO/c21-20(22,23)16-7-3-1-5-12(16)11-13-9-10-15-14-6-2-4-8-17(14)24-18(15)19(13)25/h1-8,11,24H,9-10H2/b13-11-. The molecule has 5 heteroatoms. The van der Waals surface area contributed by atoms with Gasteiger partial charge in [-0.25, -0.2) is 0 Å². The topological polar surface area (TPSA) is 32.9 Å². The Kier molecular flexibility index (Phi) is 3.53. The van der Waals surface area contributed by atoms with E-state index in [2.05, 4.69) is 4.98 Å². The van der Waals surface area contributed by atoms with Gasteiger partial charge in [0.05, 0.1) is 11.3 Å². The Morgan fingerprint density at radius 2 is 1.68 bits per heavy atom. The number of para-hydroxylation sites is 1. The second kappa shape index (κ2) is 5.62. The summed E-state index contributed by atoms with van der Waals surface area (Å²) in [7, 11) is 0. The van der Waals surface area contributed by atoms with E-state index in [9.17, 15) is 18.0 Å². The van der Waals surface area contributed by atoms with Crippen LogP contribution in [0, 0.1) is 0 Å². The average Bonchev–Trinajstić information content (AvgIpc) is 2.96. The van der Waals surface area contributed by atoms with Gasteiger partial charge in [0.25, 0.3) is 0 Å². The third kappa shape index (κ3) is 2.65. The molecular formula is C20H14F3NO. The number of fused-ring (bicyclic) bond motifs is 3. The summed E-state index contributed by atoms with van der Waals surface area (Å²) in [5.41, 5.74) is 2.01. The summed E-state index contributed by atoms with van der Waals surface area (Å²) in [6, 6.07) is 13.0. The van der Waals surface area contributed by atoms with Crippen molar-refractivity contribution in [3.8, 4) is 0 Å². The molecule has 0 saturated heterocycles. The fourth-order valence-corrected chi connectivity index (χ4v) is 3.39. The minimum absolute atomic E-state index is 0.0258. The largest absolute Gasteiger partial charge is 0.416 e. The van der Waals surface area contributed by atoms with Gasteiger partial charge >= 0.3 is 6.18 Å². The molecule has 0 amide bonds. The summed E-state index contributed by atoms with van der Waals surface area (Å²) >= 11 is 0. The molecule has 0 radical (unpaired) electrons. The van der Waals surface area contributed by atoms with E-state index in [1.165, 1.54) is 18.2 Å². The maximum atomic E-state index is 13.2. The zero-order valence-corrected chi connectivity index (χ0v) is 13.2. The molecule has 2 aromatic carbocycles. The van der Waals surface area contributed by atoms with E-state index < -0.39 is 11.7 Å². The van der Waals surface area contributed by atoms with Crippen LogP contribution in [0.5, 0.6) is 0 Å². The first kappa shape index (κ1) is 15.7. The number of Topliss-reactive ketones (excluding diaryl/α,β-unsaturated/α-hetero) is 1. The Morgan fingerprint density at radius 3 is 2.48 bits per heavy atom. The van der Waals surface area contributed by atoms with Crippen molar-refractivity contribution in [2.75, 3.05) is 0 Å². The third-order valence-corrected chi connectivity index (χ3v) is 4.57. The van der Waals surface area contributed by atoms with Crippen LogP contribution in [0.25, 0.3) is 17.0 Å². The molecule has 1 N–H and O–H groups in total. The highest BCUT2D eigenvalue weighted by molar-refractivity contribution is 6.15. The molecule has 4 rings (SSSR count). The van der Waals surface area contributed by atoms with E-state index in [0.717, 1.165) is 22.5 Å². The minimum Gasteiger partial charge on any atom is -0.352 e. The molecule has 25 heavy (non-hydrogen) atoms. The molecule has 1 aliphatic rings. The maximum Gasteiger partial charge on any atom is 0.416 e. The van der Waals surface area contributed by atoms with E-state index in [4.69, 9.17) is 0 Å². The van der Waals surface area contributed by atoms with Gasteiger partial charge in [0.15, 0.2) is 0 Å². The number of aromatic amines is 1. The van der Waals surface area contributed by atoms with Crippen LogP contribution in [0.3, 0.4) is 0 Å². The molecule has 2 nitrogen and oxygen atoms in total. The lowest BCUT2D eigenvalue weighted by Gasteiger charge is -2.16. The highest BCUT2D eigenvalue weighted by Gasteiger charge is 2.33. The molecule has 3 aromatic rings. The van der Waals surface area contributed by atoms with Crippen LogP contribution in [0.1, 0.15) is 33.6 Å². The minimum atomic E-state index is -4.45. The van der Waals surface area contributed by atoms with Gasteiger partial charge in [-0.2, -0.15) is 13.2 Å². The molecule has 0 spiro atoms. The summed E-state index contributed by atoms with van der Waals surface area (Å²) in [5, 5.41) is 1.00. The number of ketones is 1. The summed E-state index contributed by atoms with van der Waals surface area (Å²) in [6.07, 6.45) is -2.01. The van der Waals surface area contributed by atoms with E-state index in [0.29, 0.717) is 24.1 Å². The van der Waals surface area contributed by atoms with Gasteiger partial charge < -0.3 is 4.98 Å². The van der Waals surface area contributed by atoms with E-state index in [-0.39, 0.29) is 11.3 Å². The molecule has 0 atom stereocenters. The van der Waals surface area contributed by atoms with Crippen LogP contribution in [0.4, 0.5) is 13.2 Å². The average molecular weight is 341 g/mol. The van der Waals surface area contributed by atoms with Crippen molar-refractivity contribution in [1.29, 1.82) is 0 Å². The number of rotatable bonds is 1. The van der Waals surface area contributed by atoms with E-state index >= 15 is 0 Å². The van der Waals surface area contributed by atoms with Gasteiger partial charge in [-0.3, -0.25) is 4.79 Å². The number of carbonyl (C=O) groups excluding carboxylic acids is 1. The van der Waals surface area contributed by atoms with Gasteiger partial charge in [-0.05, 0) is 42.2 Å². The molecule has 1 aromatic heterocycles. The number of alkyl halides is 3. The third-order valence-electron chi connectivity index (χ3n) is 4.57. The lowest BCUT2D eigenvalue weighted by molar-refractivity contribution is -0.137. The number of aryl methyl sites for hydroxylation is 1. The second-order valence-electron chi connectivity index (χ2n) is 6.11. The fourth-order valence-electron chi connectivity index (χ4n) is 3.39. The highest BCUT2D eigenvalue weighted by Crippen LogP contribution is 2.35. The Balaban J connectivity index is 1.79. The number of nitrogens with one attached hydrogen (secondary N) is 1. The van der Waals surface area contributed by atoms with Crippen molar-refractivity contribution in [1.82, 2.24) is 4.98 Å². The predicted octanol–water partition coefficient (Wildman–Crippen LogP) is 5.40. The fraction of sp³-hybridized carbons (Fsp3) is 0.150. The molecule has 0 aliphatic heterocycles. The molecule has 0 saturated carbocycles. The molecule has 0 bridgehead atoms. The van der Waals surface area contributed by atoms with Crippen molar-refractivity contribution in [3.05, 3.63) is 76.5 Å². The first-order valence-electron chi connectivity index (χ1n) is 7.96. The SMILES string of the molecule is O=C1/C(=C\c2ccccc2C(F)(F)F)CCc2c1[nH]c1ccccc21. The summed E-state index contributed by atoms with van der Waals surface area (Å²) in [5.74, 6) is -0.227. The zero-order chi connectivity index (χ0) is 17.6. The number of hydrogen-bond acceptors (Lipinski definition) is 1. The van der Waals surface area contributed by atoms with Crippen LogP contribution < -0.4 is 0 Å². The van der Waals surface area contributed by atoms with Crippen molar-refractivity contribution < 1.29 is 18.0 Å². The Bertz CT molecular complexity index is 1010. The van der Waals surface area contributed by atoms with Gasteiger partial charge in [0.1, 0.15) is 0 Å². The van der Waals surface area contributed by atoms with E-state index in [1.807, 2.05) is 24.3 Å². The maximum absolute atomic E-state index is 13.2. The number of H-pyrrole nitrogens is 1. The molecule has 126 valence electrons. The highest BCUT2D eigenvalue weighted by atomic mass is 19.4. The van der Waals surface area contributed by atoms with Crippen molar-refractivity contribution in [2.24, 2.45) is 0 Å². The number of allylic oxidation sites excluding steroid dienone is 1. The molecule has 0 unspecified atom stereocenters. The molecule has 1 aliphatic carbocycles. The van der Waals surface area contributed by atoms with Crippen LogP contribution in [-0.2, 0) is 12.6 Å². The number of carbonyl (C=O) groups is 1. The van der Waals surface area contributed by atoms with Crippen molar-refractivity contribution >= 4 is 22.8 Å². The van der Waals surface area contributed by atoms with Gasteiger partial charge in [-0.15, -0.1) is 0 Å². The number of halogens is 3. The summed E-state index contributed by atoms with van der Waals surface area (Å²) in [4.78, 5) is 15.9. The van der Waals surface area contributed by atoms with Gasteiger partial charge in [0.2, 0.25) is 5.78 Å². The van der Waals surface area contributed by atoms with Crippen LogP contribution in [-0.4, -0.2) is 10.8 Å². The normalized spacial score (nSPS) is 16.4. The quantitative estimate of drug-likeness (QED) is 0.591. The second-order valence-corrected chi connectivity index (χ2v) is 6.11. The number of aromatic nitrogens is 1. The zero-order valence-electron chi connectivity index (χ0n) is 13.2. The van der Waals surface area contributed by atoms with Crippen molar-refractivity contribution in [2.45, 2.75) is 19.0 Å². The number of hydrogen-bond donors (Lipinski definition) is 1. The van der Waals surface area contributed by atoms with Gasteiger partial charge in [-0.1, -0.05) is 36.4 Å². The van der Waals surface area contributed by atoms with Gasteiger partial charge in [0, 0.05) is 16.5 Å². The monoisotopic (exact) mass is 341 g/mol. The Labute approximate surface area is 142 Å². The summed E-state index contributed by atoms with van der Waals surface area (Å²) in [6.45, 7) is 0. The first-order valence-corrected chi connectivity index (χ1v) is 7.96. The Hall–Kier alpha value is -2.82. The lowest BCUT2D eigenvalue weighted by atomic mass is 9.88. The molecule has 1 heterocycles.